The summed E-state index contributed by atoms with van der Waals surface area (Å²) in [5.41, 5.74) is 5.09. The molecule has 2 atom stereocenters. The van der Waals surface area contributed by atoms with Crippen LogP contribution in [0.4, 0.5) is 0 Å². The Morgan fingerprint density at radius 2 is 1.74 bits per heavy atom. The summed E-state index contributed by atoms with van der Waals surface area (Å²) in [6.07, 6.45) is -0.569. The molecule has 1 unspecified atom stereocenters. The maximum atomic E-state index is 13.4. The van der Waals surface area contributed by atoms with Gasteiger partial charge in [0.05, 0.1) is 18.4 Å². The quantitative estimate of drug-likeness (QED) is 0.514. The van der Waals surface area contributed by atoms with Gasteiger partial charge in [0, 0.05) is 18.5 Å². The molecule has 1 saturated heterocycles. The van der Waals surface area contributed by atoms with E-state index < -0.39 is 12.1 Å². The van der Waals surface area contributed by atoms with Crippen molar-refractivity contribution in [3.63, 3.8) is 0 Å². The molecule has 1 aliphatic rings. The molecule has 7 heteroatoms. The number of nitrogens with one attached hydrogen (secondary N) is 1. The van der Waals surface area contributed by atoms with Crippen molar-refractivity contribution in [3.8, 4) is 11.1 Å². The van der Waals surface area contributed by atoms with Gasteiger partial charge >= 0.3 is 0 Å². The van der Waals surface area contributed by atoms with Crippen LogP contribution in [0.2, 0.25) is 0 Å². The number of amides is 2. The molecule has 1 fully saturated rings. The molecule has 3 aromatic rings. The summed E-state index contributed by atoms with van der Waals surface area (Å²) in [7, 11) is 1.44. The first-order chi connectivity index (χ1) is 17.0. The van der Waals surface area contributed by atoms with E-state index in [1.807, 2.05) is 61.5 Å². The van der Waals surface area contributed by atoms with E-state index in [9.17, 15) is 14.7 Å². The number of nitrogens with zero attached hydrogens (tertiary/aromatic N) is 2. The molecule has 2 N–H and O–H groups in total. The molecule has 4 rings (SSSR count). The number of likely N-dealkylation sites (tertiary alicyclic amines) is 1. The number of benzene rings is 3. The van der Waals surface area contributed by atoms with E-state index in [0.29, 0.717) is 16.8 Å². The second-order valence-electron chi connectivity index (χ2n) is 8.56. The predicted molar refractivity (Wildman–Crippen MR) is 135 cm³/mol. The Kier molecular flexibility index (Phi) is 7.57. The molecular formula is C28H29N3O4. The fraction of sp³-hybridized carbons (Fsp3) is 0.250. The van der Waals surface area contributed by atoms with Crippen LogP contribution in [0.3, 0.4) is 0 Å². The van der Waals surface area contributed by atoms with E-state index in [1.165, 1.54) is 12.0 Å². The van der Waals surface area contributed by atoms with Crippen LogP contribution in [0.25, 0.3) is 11.1 Å². The number of carbonyl (C=O) groups excluding carboxylic acids is 2. The molecule has 0 aromatic heterocycles. The Morgan fingerprint density at radius 1 is 1.06 bits per heavy atom. The number of aliphatic hydroxyl groups excluding tert-OH is 1. The van der Waals surface area contributed by atoms with E-state index in [1.54, 1.807) is 24.3 Å². The Bertz CT molecular complexity index is 1210. The van der Waals surface area contributed by atoms with E-state index in [0.717, 1.165) is 16.7 Å². The Labute approximate surface area is 205 Å². The van der Waals surface area contributed by atoms with Crippen molar-refractivity contribution in [2.45, 2.75) is 25.5 Å². The molecule has 0 aliphatic carbocycles. The SMILES string of the molecule is CO/N=C1/C[C@@H](C(=O)NCC(O)c2ccccc2)N(C(=O)c2ccc(-c3ccccc3C)cc2)C1. The normalized spacial score (nSPS) is 17.3. The summed E-state index contributed by atoms with van der Waals surface area (Å²) >= 11 is 0. The summed E-state index contributed by atoms with van der Waals surface area (Å²) in [5.74, 6) is -0.599. The fourth-order valence-corrected chi connectivity index (χ4v) is 4.31. The minimum Gasteiger partial charge on any atom is -0.399 e. The zero-order valence-electron chi connectivity index (χ0n) is 19.8. The lowest BCUT2D eigenvalue weighted by molar-refractivity contribution is -0.125. The maximum absolute atomic E-state index is 13.4. The van der Waals surface area contributed by atoms with Crippen LogP contribution >= 0.6 is 0 Å². The lowest BCUT2D eigenvalue weighted by Crippen LogP contribution is -2.46. The zero-order chi connectivity index (χ0) is 24.8. The number of carbonyl (C=O) groups is 2. The molecule has 0 spiro atoms. The first-order valence-corrected chi connectivity index (χ1v) is 11.5. The van der Waals surface area contributed by atoms with Gasteiger partial charge in [-0.2, -0.15) is 0 Å². The van der Waals surface area contributed by atoms with Crippen molar-refractivity contribution in [3.05, 3.63) is 95.6 Å². The minimum atomic E-state index is -0.841. The summed E-state index contributed by atoms with van der Waals surface area (Å²) in [4.78, 5) is 32.8. The first-order valence-electron chi connectivity index (χ1n) is 11.5. The number of rotatable bonds is 7. The first kappa shape index (κ1) is 24.2. The molecule has 0 saturated carbocycles. The van der Waals surface area contributed by atoms with Crippen LogP contribution < -0.4 is 5.32 Å². The number of aryl methyl sites for hydroxylation is 1. The molecule has 0 bridgehead atoms. The van der Waals surface area contributed by atoms with Gasteiger partial charge in [-0.25, -0.2) is 0 Å². The van der Waals surface area contributed by atoms with Crippen molar-refractivity contribution in [2.24, 2.45) is 5.16 Å². The second-order valence-corrected chi connectivity index (χ2v) is 8.56. The third-order valence-corrected chi connectivity index (χ3v) is 6.18. The van der Waals surface area contributed by atoms with Gasteiger partial charge in [0.1, 0.15) is 13.2 Å². The van der Waals surface area contributed by atoms with Gasteiger partial charge in [-0.1, -0.05) is 71.9 Å². The summed E-state index contributed by atoms with van der Waals surface area (Å²) < 4.78 is 0. The lowest BCUT2D eigenvalue weighted by atomic mass is 9.99. The van der Waals surface area contributed by atoms with Gasteiger partial charge in [0.25, 0.3) is 5.91 Å². The second kappa shape index (κ2) is 11.0. The summed E-state index contributed by atoms with van der Waals surface area (Å²) in [5, 5.41) is 17.2. The van der Waals surface area contributed by atoms with Crippen LogP contribution in [0, 0.1) is 6.92 Å². The van der Waals surface area contributed by atoms with Crippen LogP contribution in [0.5, 0.6) is 0 Å². The third-order valence-electron chi connectivity index (χ3n) is 6.18. The predicted octanol–water partition coefficient (Wildman–Crippen LogP) is 3.73. The molecule has 7 nitrogen and oxygen atoms in total. The van der Waals surface area contributed by atoms with Crippen molar-refractivity contribution in [1.29, 1.82) is 0 Å². The van der Waals surface area contributed by atoms with Crippen molar-refractivity contribution in [2.75, 3.05) is 20.2 Å². The highest BCUT2D eigenvalue weighted by Crippen LogP contribution is 2.25. The van der Waals surface area contributed by atoms with Crippen molar-refractivity contribution in [1.82, 2.24) is 10.2 Å². The van der Waals surface area contributed by atoms with Crippen LogP contribution in [-0.2, 0) is 9.63 Å². The number of hydrogen-bond donors (Lipinski definition) is 2. The van der Waals surface area contributed by atoms with Crippen LogP contribution in [0.15, 0.2) is 84.0 Å². The van der Waals surface area contributed by atoms with Gasteiger partial charge in [-0.15, -0.1) is 0 Å². The highest BCUT2D eigenvalue weighted by Gasteiger charge is 2.38. The van der Waals surface area contributed by atoms with E-state index >= 15 is 0 Å². The minimum absolute atomic E-state index is 0.0449. The molecule has 3 aromatic carbocycles. The Hall–Kier alpha value is -3.97. The van der Waals surface area contributed by atoms with E-state index in [4.69, 9.17) is 4.84 Å². The van der Waals surface area contributed by atoms with E-state index in [-0.39, 0.29) is 31.3 Å². The van der Waals surface area contributed by atoms with Gasteiger partial charge in [0.2, 0.25) is 5.91 Å². The summed E-state index contributed by atoms with van der Waals surface area (Å²) in [6, 6.07) is 23.8. The van der Waals surface area contributed by atoms with Gasteiger partial charge in [-0.05, 0) is 41.3 Å². The average Bonchev–Trinajstić information content (AvgIpc) is 3.32. The number of hydrogen-bond acceptors (Lipinski definition) is 5. The molecule has 0 radical (unpaired) electrons. The zero-order valence-corrected chi connectivity index (χ0v) is 19.8. The molecule has 1 aliphatic heterocycles. The topological polar surface area (TPSA) is 91.2 Å². The standard InChI is InChI=1S/C28H29N3O4/c1-19-8-6-7-11-24(19)20-12-14-22(15-13-20)28(34)31-18-23(30-35-2)16-25(31)27(33)29-17-26(32)21-9-4-3-5-10-21/h3-15,25-26,32H,16-18H2,1-2H3,(H,29,33)/b30-23-/t25-,26?/m0/s1. The molecule has 1 heterocycles. The smallest absolute Gasteiger partial charge is 0.254 e. The number of oxime groups is 1. The fourth-order valence-electron chi connectivity index (χ4n) is 4.31. The molecule has 180 valence electrons. The average molecular weight is 472 g/mol. The van der Waals surface area contributed by atoms with Crippen LogP contribution in [0.1, 0.15) is 34.0 Å². The highest BCUT2D eigenvalue weighted by atomic mass is 16.6. The van der Waals surface area contributed by atoms with Gasteiger partial charge < -0.3 is 20.2 Å². The van der Waals surface area contributed by atoms with Crippen molar-refractivity contribution < 1.29 is 19.5 Å². The summed E-state index contributed by atoms with van der Waals surface area (Å²) in [6.45, 7) is 2.29. The number of aliphatic hydroxyl groups is 1. The van der Waals surface area contributed by atoms with Crippen molar-refractivity contribution >= 4 is 17.5 Å². The Balaban J connectivity index is 1.49. The lowest BCUT2D eigenvalue weighted by Gasteiger charge is -2.24. The molecule has 35 heavy (non-hydrogen) atoms. The molecule has 2 amide bonds. The van der Waals surface area contributed by atoms with Gasteiger partial charge in [0.15, 0.2) is 0 Å². The maximum Gasteiger partial charge on any atom is 0.254 e. The largest absolute Gasteiger partial charge is 0.399 e. The third kappa shape index (κ3) is 5.58. The van der Waals surface area contributed by atoms with E-state index in [2.05, 4.69) is 10.5 Å². The van der Waals surface area contributed by atoms with Gasteiger partial charge in [-0.3, -0.25) is 9.59 Å². The Morgan fingerprint density at radius 3 is 2.43 bits per heavy atom. The highest BCUT2D eigenvalue weighted by molar-refractivity contribution is 6.05. The van der Waals surface area contributed by atoms with Crippen LogP contribution in [-0.4, -0.2) is 53.8 Å². The molecular weight excluding hydrogens is 442 g/mol. The monoisotopic (exact) mass is 471 g/mol.